The van der Waals surface area contributed by atoms with E-state index in [-0.39, 0.29) is 30.0 Å². The van der Waals surface area contributed by atoms with E-state index in [9.17, 15) is 19.2 Å². The Hall–Kier alpha value is -4.09. The number of hydrogen-bond donors (Lipinski definition) is 1. The number of likely N-dealkylation sites (tertiary alicyclic amines) is 1. The first-order valence-corrected chi connectivity index (χ1v) is 15.3. The zero-order valence-corrected chi connectivity index (χ0v) is 23.9. The molecule has 1 unspecified atom stereocenters. The van der Waals surface area contributed by atoms with Crippen molar-refractivity contribution in [2.75, 3.05) is 31.1 Å². The normalized spacial score (nSPS) is 21.6. The van der Waals surface area contributed by atoms with Crippen molar-refractivity contribution in [1.29, 1.82) is 0 Å². The molecule has 0 bridgehead atoms. The molecule has 0 spiro atoms. The standard InChI is InChI=1S/C31H31N5O5S/c37-27-6-4-25(28(38)33-27)36-18-22-16-21(2-3-23(22)29(36)39)20-7-10-34(11-8-20)17-19-1-5-26-24(15-19)30(40)35(12-13-41-26)31-32-9-14-42-31/h1-3,5,9,14-16,20,25H,4,6-8,10-13,17-18H2,(H,33,37,38). The highest BCUT2D eigenvalue weighted by atomic mass is 32.1. The van der Waals surface area contributed by atoms with E-state index in [1.54, 1.807) is 16.0 Å². The lowest BCUT2D eigenvalue weighted by Gasteiger charge is -2.32. The Labute approximate surface area is 247 Å². The summed E-state index contributed by atoms with van der Waals surface area (Å²) in [5.41, 5.74) is 4.48. The Bertz CT molecular complexity index is 1570. The second kappa shape index (κ2) is 11.0. The van der Waals surface area contributed by atoms with Crippen LogP contribution in [0.2, 0.25) is 0 Å². The Balaban J connectivity index is 0.989. The van der Waals surface area contributed by atoms with Crippen LogP contribution >= 0.6 is 11.3 Å². The molecule has 0 aliphatic carbocycles. The van der Waals surface area contributed by atoms with Gasteiger partial charge in [-0.25, -0.2) is 4.98 Å². The van der Waals surface area contributed by atoms with E-state index in [1.807, 2.05) is 29.6 Å². The van der Waals surface area contributed by atoms with Gasteiger partial charge >= 0.3 is 0 Å². The maximum atomic E-state index is 13.4. The minimum absolute atomic E-state index is 0.0794. The van der Waals surface area contributed by atoms with Gasteiger partial charge in [-0.15, -0.1) is 11.3 Å². The summed E-state index contributed by atoms with van der Waals surface area (Å²) in [5.74, 6) is 0.123. The van der Waals surface area contributed by atoms with Crippen LogP contribution in [0.1, 0.15) is 69.0 Å². The maximum absolute atomic E-state index is 13.4. The lowest BCUT2D eigenvalue weighted by atomic mass is 9.87. The average molecular weight is 586 g/mol. The molecule has 42 heavy (non-hydrogen) atoms. The molecule has 0 saturated carbocycles. The van der Waals surface area contributed by atoms with Crippen molar-refractivity contribution in [3.05, 3.63) is 75.8 Å². The number of thiazole rings is 1. The van der Waals surface area contributed by atoms with Gasteiger partial charge in [0.15, 0.2) is 5.13 Å². The van der Waals surface area contributed by atoms with Gasteiger partial charge in [-0.3, -0.25) is 34.3 Å². The Morgan fingerprint density at radius 1 is 0.952 bits per heavy atom. The topological polar surface area (TPSA) is 112 Å². The summed E-state index contributed by atoms with van der Waals surface area (Å²) >= 11 is 1.45. The SMILES string of the molecule is O=C1CCC(N2Cc3cc(C4CCN(Cc5ccc6c(c5)C(=O)N(c5nccs5)CCO6)CC4)ccc3C2=O)C(=O)N1. The van der Waals surface area contributed by atoms with E-state index >= 15 is 0 Å². The summed E-state index contributed by atoms with van der Waals surface area (Å²) in [4.78, 5) is 60.4. The Kier molecular flexibility index (Phi) is 6.99. The summed E-state index contributed by atoms with van der Waals surface area (Å²) in [6, 6.07) is 11.4. The molecule has 10 nitrogen and oxygen atoms in total. The second-order valence-electron chi connectivity index (χ2n) is 11.3. The minimum Gasteiger partial charge on any atom is -0.491 e. The number of hydrogen-bond acceptors (Lipinski definition) is 8. The van der Waals surface area contributed by atoms with Gasteiger partial charge in [0.05, 0.1) is 12.1 Å². The van der Waals surface area contributed by atoms with Gasteiger partial charge in [-0.2, -0.15) is 0 Å². The fraction of sp³-hybridized carbons (Fsp3) is 0.387. The number of fused-ring (bicyclic) bond motifs is 2. The number of carbonyl (C=O) groups excluding carboxylic acids is 4. The molecule has 7 rings (SSSR count). The van der Waals surface area contributed by atoms with Crippen LogP contribution in [0.3, 0.4) is 0 Å². The van der Waals surface area contributed by atoms with E-state index in [2.05, 4.69) is 27.3 Å². The summed E-state index contributed by atoms with van der Waals surface area (Å²) in [5, 5.41) is 4.91. The first-order valence-electron chi connectivity index (χ1n) is 14.4. The number of carbonyl (C=O) groups is 4. The second-order valence-corrected chi connectivity index (χ2v) is 12.2. The molecule has 0 radical (unpaired) electrons. The molecule has 2 saturated heterocycles. The van der Waals surface area contributed by atoms with Crippen LogP contribution in [0, 0.1) is 0 Å². The Morgan fingerprint density at radius 3 is 2.60 bits per heavy atom. The van der Waals surface area contributed by atoms with Crippen LogP contribution in [-0.2, 0) is 22.7 Å². The van der Waals surface area contributed by atoms with Gasteiger partial charge < -0.3 is 9.64 Å². The molecule has 1 atom stereocenters. The molecule has 2 aromatic carbocycles. The van der Waals surface area contributed by atoms with Crippen LogP contribution in [0.15, 0.2) is 48.0 Å². The first kappa shape index (κ1) is 26.8. The number of anilines is 1. The number of ether oxygens (including phenoxy) is 1. The zero-order valence-electron chi connectivity index (χ0n) is 23.1. The van der Waals surface area contributed by atoms with Crippen molar-refractivity contribution in [2.45, 2.75) is 50.7 Å². The third kappa shape index (κ3) is 4.96. The number of nitrogens with one attached hydrogen (secondary N) is 1. The van der Waals surface area contributed by atoms with Crippen molar-refractivity contribution < 1.29 is 23.9 Å². The van der Waals surface area contributed by atoms with E-state index in [0.29, 0.717) is 54.0 Å². The third-order valence-electron chi connectivity index (χ3n) is 8.75. The van der Waals surface area contributed by atoms with Crippen molar-refractivity contribution in [3.8, 4) is 5.75 Å². The van der Waals surface area contributed by atoms with Crippen LogP contribution in [-0.4, -0.2) is 70.7 Å². The first-order chi connectivity index (χ1) is 20.4. The highest BCUT2D eigenvalue weighted by molar-refractivity contribution is 7.13. The zero-order chi connectivity index (χ0) is 28.8. The monoisotopic (exact) mass is 585 g/mol. The molecule has 11 heteroatoms. The highest BCUT2D eigenvalue weighted by Crippen LogP contribution is 2.34. The van der Waals surface area contributed by atoms with Crippen LogP contribution in [0.25, 0.3) is 0 Å². The predicted octanol–water partition coefficient (Wildman–Crippen LogP) is 3.32. The van der Waals surface area contributed by atoms with Gasteiger partial charge in [-0.05, 0) is 73.2 Å². The summed E-state index contributed by atoms with van der Waals surface area (Å²) < 4.78 is 5.89. The number of benzene rings is 2. The van der Waals surface area contributed by atoms with Crippen LogP contribution < -0.4 is 15.0 Å². The number of aromatic nitrogens is 1. The lowest BCUT2D eigenvalue weighted by molar-refractivity contribution is -0.136. The van der Waals surface area contributed by atoms with E-state index in [4.69, 9.17) is 4.74 Å². The third-order valence-corrected chi connectivity index (χ3v) is 9.55. The quantitative estimate of drug-likeness (QED) is 0.457. The minimum atomic E-state index is -0.598. The number of imide groups is 1. The molecule has 216 valence electrons. The van der Waals surface area contributed by atoms with Crippen molar-refractivity contribution >= 4 is 40.1 Å². The van der Waals surface area contributed by atoms with Crippen LogP contribution in [0.4, 0.5) is 5.13 Å². The van der Waals surface area contributed by atoms with Gasteiger partial charge in [0, 0.05) is 36.7 Å². The van der Waals surface area contributed by atoms with Gasteiger partial charge in [0.25, 0.3) is 11.8 Å². The van der Waals surface area contributed by atoms with Crippen molar-refractivity contribution in [3.63, 3.8) is 0 Å². The molecular weight excluding hydrogens is 554 g/mol. The molecular formula is C31H31N5O5S. The molecule has 4 aliphatic heterocycles. The molecule has 2 fully saturated rings. The van der Waals surface area contributed by atoms with Gasteiger partial charge in [0.1, 0.15) is 18.4 Å². The molecule has 1 aromatic heterocycles. The number of nitrogens with zero attached hydrogens (tertiary/aromatic N) is 4. The van der Waals surface area contributed by atoms with E-state index in [0.717, 1.165) is 43.6 Å². The van der Waals surface area contributed by atoms with Gasteiger partial charge in [-0.1, -0.05) is 18.2 Å². The average Bonchev–Trinajstić information content (AvgIpc) is 3.60. The van der Waals surface area contributed by atoms with Crippen molar-refractivity contribution in [1.82, 2.24) is 20.1 Å². The molecule has 3 aromatic rings. The molecule has 1 N–H and O–H groups in total. The molecule has 4 amide bonds. The maximum Gasteiger partial charge on any atom is 0.263 e. The molecule has 4 aliphatic rings. The fourth-order valence-corrected chi connectivity index (χ4v) is 7.19. The van der Waals surface area contributed by atoms with E-state index < -0.39 is 6.04 Å². The molecule has 5 heterocycles. The Morgan fingerprint density at radius 2 is 1.81 bits per heavy atom. The number of amides is 4. The summed E-state index contributed by atoms with van der Waals surface area (Å²) in [7, 11) is 0. The smallest absolute Gasteiger partial charge is 0.263 e. The lowest BCUT2D eigenvalue weighted by Crippen LogP contribution is -2.52. The fourth-order valence-electron chi connectivity index (χ4n) is 6.52. The number of piperidine rings is 2. The van der Waals surface area contributed by atoms with E-state index in [1.165, 1.54) is 16.9 Å². The number of rotatable bonds is 5. The van der Waals surface area contributed by atoms with Gasteiger partial charge in [0.2, 0.25) is 11.8 Å². The van der Waals surface area contributed by atoms with Crippen LogP contribution in [0.5, 0.6) is 5.75 Å². The highest BCUT2D eigenvalue weighted by Gasteiger charge is 2.39. The predicted molar refractivity (Wildman–Crippen MR) is 155 cm³/mol. The summed E-state index contributed by atoms with van der Waals surface area (Å²) in [6.45, 7) is 3.90. The summed E-state index contributed by atoms with van der Waals surface area (Å²) in [6.07, 6.45) is 4.31. The largest absolute Gasteiger partial charge is 0.491 e. The van der Waals surface area contributed by atoms with Crippen molar-refractivity contribution in [2.24, 2.45) is 0 Å².